The van der Waals surface area contributed by atoms with Crippen LogP contribution in [0.4, 0.5) is 0 Å². The van der Waals surface area contributed by atoms with Crippen LogP contribution in [0, 0.1) is 0 Å². The van der Waals surface area contributed by atoms with Gasteiger partial charge in [-0.15, -0.1) is 20.4 Å². The molecule has 0 aromatic carbocycles. The first-order chi connectivity index (χ1) is 5.61. The Balaban J connectivity index is 0. The Hall–Kier alpha value is -0.120. The molecule has 0 bridgehead atoms. The minimum absolute atomic E-state index is 0. The third-order valence-electron chi connectivity index (χ3n) is 0.844. The molecule has 0 aliphatic rings. The minimum Gasteiger partial charge on any atom is -0.541 e. The molecule has 1 aromatic heterocycles. The molecule has 8 nitrogen and oxygen atoms in total. The van der Waals surface area contributed by atoms with Gasteiger partial charge >= 0.3 is 59.1 Å². The Morgan fingerprint density at radius 3 is 1.14 bits per heavy atom. The maximum absolute atomic E-state index is 10.0. The van der Waals surface area contributed by atoms with Gasteiger partial charge in [-0.25, -0.2) is 0 Å². The van der Waals surface area contributed by atoms with E-state index in [-0.39, 0.29) is 59.1 Å². The molecule has 1 heterocycles. The molecule has 0 unspecified atom stereocenters. The number of nitrogens with zero attached hydrogens (tertiary/aromatic N) is 4. The molecule has 0 aliphatic carbocycles. The van der Waals surface area contributed by atoms with Crippen molar-refractivity contribution in [3.8, 4) is 0 Å². The van der Waals surface area contributed by atoms with Crippen molar-refractivity contribution < 1.29 is 78.9 Å². The van der Waals surface area contributed by atoms with Gasteiger partial charge in [0, 0.05) is 0 Å². The van der Waals surface area contributed by atoms with E-state index in [1.165, 1.54) is 0 Å². The van der Waals surface area contributed by atoms with Crippen molar-refractivity contribution in [1.82, 2.24) is 20.4 Å². The Morgan fingerprint density at radius 2 is 1.00 bits per heavy atom. The average molecular weight is 214 g/mol. The van der Waals surface area contributed by atoms with Crippen molar-refractivity contribution in [3.63, 3.8) is 0 Å². The fraction of sp³-hybridized carbons (Fsp3) is 0. The summed E-state index contributed by atoms with van der Waals surface area (Å²) in [6.45, 7) is 0. The normalized spacial score (nSPS) is 8.00. The third-order valence-corrected chi connectivity index (χ3v) is 0.844. The molecular formula is C4N4Na2O4. The van der Waals surface area contributed by atoms with E-state index < -0.39 is 23.6 Å². The molecule has 0 N–H and O–H groups in total. The Kier molecular flexibility index (Phi) is 8.40. The molecule has 10 heteroatoms. The standard InChI is InChI=1S/C4H2N4O4.2Na/c9-3(10)1-5-7-2(4(11)12)8-6-1;;/h(H,9,10)(H,11,12);;/q;2*+1/p-2. The number of rotatable bonds is 2. The van der Waals surface area contributed by atoms with E-state index in [9.17, 15) is 19.8 Å². The predicted molar refractivity (Wildman–Crippen MR) is 26.3 cm³/mol. The van der Waals surface area contributed by atoms with Crippen LogP contribution in [0.25, 0.3) is 0 Å². The summed E-state index contributed by atoms with van der Waals surface area (Å²) < 4.78 is 0. The van der Waals surface area contributed by atoms with Crippen LogP contribution in [0.1, 0.15) is 21.2 Å². The van der Waals surface area contributed by atoms with Crippen LogP contribution >= 0.6 is 0 Å². The van der Waals surface area contributed by atoms with Crippen molar-refractivity contribution in [2.24, 2.45) is 0 Å². The number of carbonyl (C=O) groups is 2. The monoisotopic (exact) mass is 214 g/mol. The molecule has 1 aromatic rings. The van der Waals surface area contributed by atoms with E-state index in [0.29, 0.717) is 0 Å². The van der Waals surface area contributed by atoms with E-state index in [2.05, 4.69) is 20.4 Å². The molecular weight excluding hydrogens is 214 g/mol. The van der Waals surface area contributed by atoms with E-state index >= 15 is 0 Å². The van der Waals surface area contributed by atoms with Gasteiger partial charge in [-0.1, -0.05) is 0 Å². The SMILES string of the molecule is O=C([O-])c1nnc(C(=O)[O-])nn1.[Na+].[Na+]. The summed E-state index contributed by atoms with van der Waals surface area (Å²) in [4.78, 5) is 20.0. The molecule has 0 saturated heterocycles. The number of aromatic carboxylic acids is 2. The minimum atomic E-state index is -1.68. The number of aromatic nitrogens is 4. The van der Waals surface area contributed by atoms with Crippen LogP contribution in [0.5, 0.6) is 0 Å². The van der Waals surface area contributed by atoms with Crippen LogP contribution in [0.3, 0.4) is 0 Å². The number of hydrogen-bond acceptors (Lipinski definition) is 8. The predicted octanol–water partition coefficient (Wildman–Crippen LogP) is -10.00. The maximum atomic E-state index is 10.0. The van der Waals surface area contributed by atoms with Gasteiger partial charge in [-0.05, 0) is 0 Å². The second-order valence-electron chi connectivity index (χ2n) is 1.62. The smallest absolute Gasteiger partial charge is 0.541 e. The summed E-state index contributed by atoms with van der Waals surface area (Å²) in [5, 5.41) is 31.6. The van der Waals surface area contributed by atoms with Gasteiger partial charge in [-0.3, -0.25) is 0 Å². The zero-order valence-corrected chi connectivity index (χ0v) is 11.4. The summed E-state index contributed by atoms with van der Waals surface area (Å²) in [6, 6.07) is 0. The molecule has 0 spiro atoms. The van der Waals surface area contributed by atoms with Crippen molar-refractivity contribution in [1.29, 1.82) is 0 Å². The molecule has 0 radical (unpaired) electrons. The van der Waals surface area contributed by atoms with Gasteiger partial charge in [0.15, 0.2) is 0 Å². The molecule has 1 rings (SSSR count). The second-order valence-corrected chi connectivity index (χ2v) is 1.62. The molecule has 0 fully saturated rings. The fourth-order valence-corrected chi connectivity index (χ4v) is 0.393. The van der Waals surface area contributed by atoms with E-state index in [4.69, 9.17) is 0 Å². The van der Waals surface area contributed by atoms with Crippen LogP contribution in [-0.4, -0.2) is 32.3 Å². The summed E-state index contributed by atoms with van der Waals surface area (Å²) in [5.74, 6) is -4.92. The second kappa shape index (κ2) is 7.21. The zero-order valence-electron chi connectivity index (χ0n) is 7.42. The molecule has 0 atom stereocenters. The van der Waals surface area contributed by atoms with Crippen LogP contribution in [0.2, 0.25) is 0 Å². The van der Waals surface area contributed by atoms with Gasteiger partial charge in [-0.2, -0.15) is 0 Å². The van der Waals surface area contributed by atoms with Crippen molar-refractivity contribution in [2.75, 3.05) is 0 Å². The molecule has 14 heavy (non-hydrogen) atoms. The first-order valence-corrected chi connectivity index (χ1v) is 2.61. The van der Waals surface area contributed by atoms with Gasteiger partial charge < -0.3 is 19.8 Å². The first kappa shape index (κ1) is 16.3. The van der Waals surface area contributed by atoms with E-state index in [0.717, 1.165) is 0 Å². The molecule has 0 aliphatic heterocycles. The van der Waals surface area contributed by atoms with E-state index in [1.807, 2.05) is 0 Å². The molecule has 0 saturated carbocycles. The topological polar surface area (TPSA) is 132 Å². The molecule has 0 amide bonds. The van der Waals surface area contributed by atoms with Gasteiger partial charge in [0.2, 0.25) is 11.6 Å². The van der Waals surface area contributed by atoms with Crippen molar-refractivity contribution in [3.05, 3.63) is 11.6 Å². The number of carboxylic acid groups (broad SMARTS) is 2. The average Bonchev–Trinajstić information content (AvgIpc) is 2.04. The van der Waals surface area contributed by atoms with Crippen LogP contribution in [0.15, 0.2) is 0 Å². The number of hydrogen-bond donors (Lipinski definition) is 0. The summed E-state index contributed by atoms with van der Waals surface area (Å²) in [7, 11) is 0. The van der Waals surface area contributed by atoms with Gasteiger partial charge in [0.25, 0.3) is 0 Å². The number of carbonyl (C=O) groups excluding carboxylic acids is 2. The summed E-state index contributed by atoms with van der Waals surface area (Å²) in [6.07, 6.45) is 0. The van der Waals surface area contributed by atoms with Gasteiger partial charge in [0.05, 0.1) is 0 Å². The van der Waals surface area contributed by atoms with Crippen LogP contribution < -0.4 is 69.3 Å². The zero-order chi connectivity index (χ0) is 9.14. The Labute approximate surface area is 122 Å². The van der Waals surface area contributed by atoms with Crippen LogP contribution in [-0.2, 0) is 0 Å². The number of carboxylic acids is 2. The Bertz CT molecular complexity index is 296. The maximum Gasteiger partial charge on any atom is 1.00 e. The van der Waals surface area contributed by atoms with Gasteiger partial charge in [0.1, 0.15) is 11.9 Å². The van der Waals surface area contributed by atoms with Crippen molar-refractivity contribution in [2.45, 2.75) is 0 Å². The third kappa shape index (κ3) is 4.40. The first-order valence-electron chi connectivity index (χ1n) is 2.61. The largest absolute Gasteiger partial charge is 1.00 e. The summed E-state index contributed by atoms with van der Waals surface area (Å²) >= 11 is 0. The van der Waals surface area contributed by atoms with Crippen molar-refractivity contribution >= 4 is 11.9 Å². The molecule has 62 valence electrons. The quantitative estimate of drug-likeness (QED) is 0.443. The Morgan fingerprint density at radius 1 is 0.786 bits per heavy atom. The fourth-order valence-electron chi connectivity index (χ4n) is 0.393. The van der Waals surface area contributed by atoms with E-state index in [1.54, 1.807) is 0 Å². The summed E-state index contributed by atoms with van der Waals surface area (Å²) in [5.41, 5.74) is 0.